The molecule has 2 N–H and O–H groups in total. The number of ether oxygens (including phenoxy) is 1. The molecule has 0 unspecified atom stereocenters. The zero-order chi connectivity index (χ0) is 18.3. The van der Waals surface area contributed by atoms with Crippen LogP contribution in [0.15, 0.2) is 48.5 Å². The van der Waals surface area contributed by atoms with Crippen molar-refractivity contribution >= 4 is 22.6 Å². The fourth-order valence-corrected chi connectivity index (χ4v) is 2.74. The van der Waals surface area contributed by atoms with Crippen LogP contribution in [0.2, 0.25) is 5.02 Å². The van der Waals surface area contributed by atoms with E-state index >= 15 is 0 Å². The van der Waals surface area contributed by atoms with E-state index in [2.05, 4.69) is 15.2 Å². The standard InChI is InChI=1S/C18H10ClF2N3O2/c19-12-4-2-1-3-10(12)16-11-8-14(25)18(22-17(11)24-23-16)26-15-6-5-9(20)7-13(15)21/h1-8,25H,(H,22,23,24). The van der Waals surface area contributed by atoms with Gasteiger partial charge in [0.1, 0.15) is 11.5 Å². The number of hydrogen-bond acceptors (Lipinski definition) is 4. The molecule has 2 heterocycles. The number of benzene rings is 2. The van der Waals surface area contributed by atoms with E-state index in [0.29, 0.717) is 33.4 Å². The van der Waals surface area contributed by atoms with Gasteiger partial charge in [-0.05, 0) is 24.3 Å². The summed E-state index contributed by atoms with van der Waals surface area (Å²) in [6, 6.07) is 11.3. The number of aromatic nitrogens is 3. The summed E-state index contributed by atoms with van der Waals surface area (Å²) in [6.45, 7) is 0. The number of nitrogens with one attached hydrogen (secondary N) is 1. The van der Waals surface area contributed by atoms with Gasteiger partial charge in [-0.25, -0.2) is 8.78 Å². The molecular formula is C18H10ClF2N3O2. The predicted molar refractivity (Wildman–Crippen MR) is 92.4 cm³/mol. The number of H-pyrrole nitrogens is 1. The molecule has 2 aromatic heterocycles. The van der Waals surface area contributed by atoms with E-state index in [1.807, 2.05) is 6.07 Å². The van der Waals surface area contributed by atoms with Gasteiger partial charge in [-0.2, -0.15) is 10.1 Å². The molecule has 5 nitrogen and oxygen atoms in total. The second-order valence-electron chi connectivity index (χ2n) is 5.44. The van der Waals surface area contributed by atoms with Crippen LogP contribution in [0.25, 0.3) is 22.3 Å². The fourth-order valence-electron chi connectivity index (χ4n) is 2.52. The molecule has 4 rings (SSSR count). The van der Waals surface area contributed by atoms with Gasteiger partial charge in [-0.1, -0.05) is 29.8 Å². The van der Waals surface area contributed by atoms with E-state index in [4.69, 9.17) is 16.3 Å². The molecule has 0 aliphatic heterocycles. The highest BCUT2D eigenvalue weighted by Gasteiger charge is 2.17. The normalized spacial score (nSPS) is 11.0. The van der Waals surface area contributed by atoms with Crippen LogP contribution in [0.5, 0.6) is 17.4 Å². The minimum absolute atomic E-state index is 0.239. The van der Waals surface area contributed by atoms with Crippen LogP contribution in [-0.2, 0) is 0 Å². The fraction of sp³-hybridized carbons (Fsp3) is 0. The number of fused-ring (bicyclic) bond motifs is 1. The van der Waals surface area contributed by atoms with Crippen molar-refractivity contribution < 1.29 is 18.6 Å². The predicted octanol–water partition coefficient (Wildman–Crippen LogP) is 5.05. The molecule has 0 fully saturated rings. The highest BCUT2D eigenvalue weighted by Crippen LogP contribution is 2.37. The van der Waals surface area contributed by atoms with Crippen LogP contribution in [0.4, 0.5) is 8.78 Å². The lowest BCUT2D eigenvalue weighted by Crippen LogP contribution is -1.93. The van der Waals surface area contributed by atoms with Crippen molar-refractivity contribution in [3.05, 3.63) is 65.2 Å². The summed E-state index contributed by atoms with van der Waals surface area (Å²) < 4.78 is 32.0. The summed E-state index contributed by atoms with van der Waals surface area (Å²) in [4.78, 5) is 4.12. The van der Waals surface area contributed by atoms with Crippen molar-refractivity contribution in [1.29, 1.82) is 0 Å². The second-order valence-corrected chi connectivity index (χ2v) is 5.84. The van der Waals surface area contributed by atoms with Crippen molar-refractivity contribution in [3.63, 3.8) is 0 Å². The minimum Gasteiger partial charge on any atom is -0.503 e. The summed E-state index contributed by atoms with van der Waals surface area (Å²) in [5, 5.41) is 18.1. The molecular weight excluding hydrogens is 364 g/mol. The lowest BCUT2D eigenvalue weighted by molar-refractivity contribution is 0.383. The first kappa shape index (κ1) is 16.3. The number of hydrogen-bond donors (Lipinski definition) is 2. The third-order valence-electron chi connectivity index (χ3n) is 3.73. The molecule has 0 radical (unpaired) electrons. The minimum atomic E-state index is -0.910. The molecule has 0 spiro atoms. The van der Waals surface area contributed by atoms with Gasteiger partial charge in [-0.15, -0.1) is 0 Å². The highest BCUT2D eigenvalue weighted by atomic mass is 35.5. The highest BCUT2D eigenvalue weighted by molar-refractivity contribution is 6.33. The molecule has 0 aliphatic carbocycles. The molecule has 8 heteroatoms. The van der Waals surface area contributed by atoms with Gasteiger partial charge in [0.15, 0.2) is 23.0 Å². The topological polar surface area (TPSA) is 71.0 Å². The Morgan fingerprint density at radius 3 is 2.65 bits per heavy atom. The molecule has 2 aromatic carbocycles. The summed E-state index contributed by atoms with van der Waals surface area (Å²) >= 11 is 6.19. The van der Waals surface area contributed by atoms with E-state index in [-0.39, 0.29) is 17.4 Å². The average molecular weight is 374 g/mol. The van der Waals surface area contributed by atoms with Crippen LogP contribution in [0.1, 0.15) is 0 Å². The van der Waals surface area contributed by atoms with Gasteiger partial charge in [-0.3, -0.25) is 5.10 Å². The number of pyridine rings is 1. The van der Waals surface area contributed by atoms with E-state index < -0.39 is 11.6 Å². The quantitative estimate of drug-likeness (QED) is 0.527. The molecule has 0 aliphatic rings. The van der Waals surface area contributed by atoms with Gasteiger partial charge < -0.3 is 9.84 Å². The second kappa shape index (κ2) is 6.27. The molecule has 130 valence electrons. The Hall–Kier alpha value is -3.19. The van der Waals surface area contributed by atoms with E-state index in [1.165, 1.54) is 6.07 Å². The lowest BCUT2D eigenvalue weighted by atomic mass is 10.1. The average Bonchev–Trinajstić information content (AvgIpc) is 3.00. The van der Waals surface area contributed by atoms with Gasteiger partial charge in [0.2, 0.25) is 0 Å². The zero-order valence-electron chi connectivity index (χ0n) is 13.0. The van der Waals surface area contributed by atoms with Gasteiger partial charge in [0.05, 0.1) is 10.4 Å². The maximum Gasteiger partial charge on any atom is 0.264 e. The van der Waals surface area contributed by atoms with E-state index in [9.17, 15) is 13.9 Å². The molecule has 4 aromatic rings. The largest absolute Gasteiger partial charge is 0.503 e. The SMILES string of the molecule is Oc1cc2c(-c3ccccc3Cl)n[nH]c2nc1Oc1ccc(F)cc1F. The summed E-state index contributed by atoms with van der Waals surface area (Å²) in [6.07, 6.45) is 0. The Labute approximate surface area is 150 Å². The zero-order valence-corrected chi connectivity index (χ0v) is 13.8. The molecule has 0 saturated heterocycles. The van der Waals surface area contributed by atoms with Crippen molar-refractivity contribution in [2.24, 2.45) is 0 Å². The lowest BCUT2D eigenvalue weighted by Gasteiger charge is -2.08. The third kappa shape index (κ3) is 2.82. The number of nitrogens with zero attached hydrogens (tertiary/aromatic N) is 2. The Balaban J connectivity index is 1.78. The van der Waals surface area contributed by atoms with Crippen molar-refractivity contribution in [2.45, 2.75) is 0 Å². The van der Waals surface area contributed by atoms with E-state index in [1.54, 1.807) is 18.2 Å². The maximum absolute atomic E-state index is 13.7. The molecule has 0 atom stereocenters. The summed E-state index contributed by atoms with van der Waals surface area (Å²) in [5.74, 6) is -2.47. The van der Waals surface area contributed by atoms with Gasteiger partial charge in [0.25, 0.3) is 5.88 Å². The maximum atomic E-state index is 13.7. The first-order chi connectivity index (χ1) is 12.5. The molecule has 26 heavy (non-hydrogen) atoms. The monoisotopic (exact) mass is 373 g/mol. The Morgan fingerprint density at radius 2 is 1.88 bits per heavy atom. The Morgan fingerprint density at radius 1 is 1.08 bits per heavy atom. The van der Waals surface area contributed by atoms with Crippen LogP contribution < -0.4 is 4.74 Å². The first-order valence-corrected chi connectivity index (χ1v) is 7.86. The number of halogens is 3. The van der Waals surface area contributed by atoms with E-state index in [0.717, 1.165) is 12.1 Å². The number of aromatic amines is 1. The van der Waals surface area contributed by atoms with Crippen LogP contribution >= 0.6 is 11.6 Å². The molecule has 0 bridgehead atoms. The van der Waals surface area contributed by atoms with Crippen molar-refractivity contribution in [1.82, 2.24) is 15.2 Å². The Kier molecular flexibility index (Phi) is 3.93. The van der Waals surface area contributed by atoms with Crippen LogP contribution in [0.3, 0.4) is 0 Å². The molecule has 0 amide bonds. The number of rotatable bonds is 3. The first-order valence-electron chi connectivity index (χ1n) is 7.49. The molecule has 0 saturated carbocycles. The third-order valence-corrected chi connectivity index (χ3v) is 4.06. The van der Waals surface area contributed by atoms with Crippen LogP contribution in [0, 0.1) is 11.6 Å². The van der Waals surface area contributed by atoms with Crippen LogP contribution in [-0.4, -0.2) is 20.3 Å². The smallest absolute Gasteiger partial charge is 0.264 e. The van der Waals surface area contributed by atoms with Gasteiger partial charge in [0, 0.05) is 11.6 Å². The van der Waals surface area contributed by atoms with Crippen molar-refractivity contribution in [2.75, 3.05) is 0 Å². The van der Waals surface area contributed by atoms with Gasteiger partial charge >= 0.3 is 0 Å². The van der Waals surface area contributed by atoms with Crippen molar-refractivity contribution in [3.8, 4) is 28.6 Å². The number of aromatic hydroxyl groups is 1. The summed E-state index contributed by atoms with van der Waals surface area (Å²) in [5.41, 5.74) is 1.49. The Bertz CT molecular complexity index is 1130. The summed E-state index contributed by atoms with van der Waals surface area (Å²) in [7, 11) is 0.